The maximum atomic E-state index is 13.9. The van der Waals surface area contributed by atoms with Gasteiger partial charge >= 0.3 is 0 Å². The molecule has 1 N–H and O–H groups in total. The molecule has 0 unspecified atom stereocenters. The summed E-state index contributed by atoms with van der Waals surface area (Å²) in [7, 11) is 0. The van der Waals surface area contributed by atoms with E-state index in [1.165, 1.54) is 6.07 Å². The van der Waals surface area contributed by atoms with Gasteiger partial charge in [0.15, 0.2) is 5.82 Å². The number of pyridine rings is 1. The first-order chi connectivity index (χ1) is 8.95. The summed E-state index contributed by atoms with van der Waals surface area (Å²) < 4.78 is 27.0. The van der Waals surface area contributed by atoms with Crippen LogP contribution in [0.25, 0.3) is 11.1 Å². The van der Waals surface area contributed by atoms with E-state index in [1.54, 1.807) is 13.0 Å². The Morgan fingerprint density at radius 2 is 2.00 bits per heavy atom. The maximum Gasteiger partial charge on any atom is 0.266 e. The molecule has 0 bridgehead atoms. The Morgan fingerprint density at radius 1 is 1.32 bits per heavy atom. The third-order valence-electron chi connectivity index (χ3n) is 2.61. The summed E-state index contributed by atoms with van der Waals surface area (Å²) in [5.41, 5.74) is -0.413. The Morgan fingerprint density at radius 3 is 2.63 bits per heavy atom. The standard InChI is InChI=1S/C13H7ClF2N2O/c1-6-4-8(9(5-17)13(19)18-6)7-2-3-10(15)11(14)12(7)16/h2-4H,1H3,(H,18,19). The summed E-state index contributed by atoms with van der Waals surface area (Å²) >= 11 is 5.49. The number of halogens is 3. The van der Waals surface area contributed by atoms with Crippen LogP contribution in [0, 0.1) is 29.9 Å². The van der Waals surface area contributed by atoms with E-state index in [1.807, 2.05) is 0 Å². The van der Waals surface area contributed by atoms with Crippen LogP contribution in [-0.4, -0.2) is 4.98 Å². The molecule has 0 spiro atoms. The fourth-order valence-corrected chi connectivity index (χ4v) is 1.91. The topological polar surface area (TPSA) is 56.6 Å². The van der Waals surface area contributed by atoms with E-state index in [9.17, 15) is 13.6 Å². The van der Waals surface area contributed by atoms with E-state index in [2.05, 4.69) is 4.98 Å². The molecule has 2 aromatic rings. The van der Waals surface area contributed by atoms with Crippen molar-refractivity contribution in [2.45, 2.75) is 6.92 Å². The number of H-pyrrole nitrogens is 1. The van der Waals surface area contributed by atoms with E-state index in [0.717, 1.165) is 12.1 Å². The van der Waals surface area contributed by atoms with Gasteiger partial charge in [-0.15, -0.1) is 0 Å². The first kappa shape index (κ1) is 13.2. The van der Waals surface area contributed by atoms with Crippen LogP contribution in [0.4, 0.5) is 8.78 Å². The van der Waals surface area contributed by atoms with E-state index in [-0.39, 0.29) is 16.7 Å². The largest absolute Gasteiger partial charge is 0.325 e. The third-order valence-corrected chi connectivity index (χ3v) is 2.95. The van der Waals surface area contributed by atoms with Gasteiger partial charge in [0.25, 0.3) is 5.56 Å². The third kappa shape index (κ3) is 2.23. The van der Waals surface area contributed by atoms with Crippen LogP contribution >= 0.6 is 11.6 Å². The molecule has 1 heterocycles. The molecule has 0 aliphatic carbocycles. The van der Waals surface area contributed by atoms with Gasteiger partial charge in [0, 0.05) is 16.8 Å². The highest BCUT2D eigenvalue weighted by molar-refractivity contribution is 6.31. The molecule has 6 heteroatoms. The summed E-state index contributed by atoms with van der Waals surface area (Å²) in [4.78, 5) is 14.1. The van der Waals surface area contributed by atoms with Gasteiger partial charge in [-0.2, -0.15) is 5.26 Å². The minimum atomic E-state index is -0.997. The van der Waals surface area contributed by atoms with Crippen LogP contribution in [0.1, 0.15) is 11.3 Å². The van der Waals surface area contributed by atoms with Crippen molar-refractivity contribution >= 4 is 11.6 Å². The molecular formula is C13H7ClF2N2O. The monoisotopic (exact) mass is 280 g/mol. The van der Waals surface area contributed by atoms with Crippen molar-refractivity contribution in [3.8, 4) is 17.2 Å². The average Bonchev–Trinajstić information content (AvgIpc) is 2.35. The predicted molar refractivity (Wildman–Crippen MR) is 66.9 cm³/mol. The molecule has 0 saturated heterocycles. The first-order valence-electron chi connectivity index (χ1n) is 5.23. The molecule has 0 aliphatic heterocycles. The SMILES string of the molecule is Cc1cc(-c2ccc(F)c(Cl)c2F)c(C#N)c(=O)[nH]1. The number of benzene rings is 1. The highest BCUT2D eigenvalue weighted by Crippen LogP contribution is 2.30. The number of nitriles is 1. The Kier molecular flexibility index (Phi) is 3.36. The van der Waals surface area contributed by atoms with Gasteiger partial charge < -0.3 is 4.98 Å². The van der Waals surface area contributed by atoms with E-state index in [4.69, 9.17) is 16.9 Å². The number of rotatable bonds is 1. The van der Waals surface area contributed by atoms with Crippen LogP contribution in [0.2, 0.25) is 5.02 Å². The van der Waals surface area contributed by atoms with Gasteiger partial charge in [0.1, 0.15) is 22.5 Å². The summed E-state index contributed by atoms with van der Waals surface area (Å²) in [6.45, 7) is 1.59. The van der Waals surface area contributed by atoms with Crippen molar-refractivity contribution in [1.29, 1.82) is 5.26 Å². The second-order valence-electron chi connectivity index (χ2n) is 3.90. The summed E-state index contributed by atoms with van der Waals surface area (Å²) in [6.07, 6.45) is 0. The molecular weight excluding hydrogens is 274 g/mol. The lowest BCUT2D eigenvalue weighted by Crippen LogP contribution is -2.13. The molecule has 0 fully saturated rings. The van der Waals surface area contributed by atoms with Crippen LogP contribution in [-0.2, 0) is 0 Å². The molecule has 19 heavy (non-hydrogen) atoms. The van der Waals surface area contributed by atoms with Gasteiger partial charge in [-0.05, 0) is 25.1 Å². The highest BCUT2D eigenvalue weighted by Gasteiger charge is 2.17. The summed E-state index contributed by atoms with van der Waals surface area (Å²) in [5, 5.41) is 8.30. The Balaban J connectivity index is 2.84. The lowest BCUT2D eigenvalue weighted by atomic mass is 10.0. The molecule has 0 aliphatic rings. The normalized spacial score (nSPS) is 10.3. The molecule has 0 amide bonds. The number of aromatic amines is 1. The Hall–Kier alpha value is -2.19. The predicted octanol–water partition coefficient (Wildman–Crippen LogP) is 3.15. The number of hydrogen-bond acceptors (Lipinski definition) is 2. The quantitative estimate of drug-likeness (QED) is 0.816. The van der Waals surface area contributed by atoms with Crippen LogP contribution in [0.3, 0.4) is 0 Å². The molecule has 96 valence electrons. The van der Waals surface area contributed by atoms with Crippen molar-refractivity contribution in [3.05, 3.63) is 56.5 Å². The fraction of sp³-hybridized carbons (Fsp3) is 0.0769. The van der Waals surface area contributed by atoms with Crippen molar-refractivity contribution in [3.63, 3.8) is 0 Å². The second-order valence-corrected chi connectivity index (χ2v) is 4.28. The highest BCUT2D eigenvalue weighted by atomic mass is 35.5. The number of nitrogens with zero attached hydrogens (tertiary/aromatic N) is 1. The van der Waals surface area contributed by atoms with Crippen LogP contribution in [0.15, 0.2) is 23.0 Å². The second kappa shape index (κ2) is 4.82. The van der Waals surface area contributed by atoms with E-state index in [0.29, 0.717) is 5.69 Å². The molecule has 1 aromatic carbocycles. The molecule has 0 saturated carbocycles. The number of nitrogens with one attached hydrogen (secondary N) is 1. The van der Waals surface area contributed by atoms with E-state index < -0.39 is 22.2 Å². The van der Waals surface area contributed by atoms with Crippen molar-refractivity contribution in [2.75, 3.05) is 0 Å². The van der Waals surface area contributed by atoms with E-state index >= 15 is 0 Å². The lowest BCUT2D eigenvalue weighted by molar-refractivity contribution is 0.586. The fourth-order valence-electron chi connectivity index (χ4n) is 1.75. The van der Waals surface area contributed by atoms with Crippen LogP contribution < -0.4 is 5.56 Å². The van der Waals surface area contributed by atoms with Crippen LogP contribution in [0.5, 0.6) is 0 Å². The van der Waals surface area contributed by atoms with Crippen molar-refractivity contribution in [2.24, 2.45) is 0 Å². The smallest absolute Gasteiger partial charge is 0.266 e. The average molecular weight is 281 g/mol. The number of aryl methyl sites for hydroxylation is 1. The van der Waals surface area contributed by atoms with Crippen molar-refractivity contribution in [1.82, 2.24) is 4.98 Å². The number of hydrogen-bond donors (Lipinski definition) is 1. The van der Waals surface area contributed by atoms with Gasteiger partial charge in [-0.1, -0.05) is 11.6 Å². The van der Waals surface area contributed by atoms with Gasteiger partial charge in [-0.25, -0.2) is 8.78 Å². The summed E-state index contributed by atoms with van der Waals surface area (Å²) in [5.74, 6) is -1.90. The molecule has 1 aromatic heterocycles. The minimum absolute atomic E-state index is 0.0860. The zero-order chi connectivity index (χ0) is 14.2. The van der Waals surface area contributed by atoms with Gasteiger partial charge in [0.2, 0.25) is 0 Å². The Bertz CT molecular complexity index is 762. The minimum Gasteiger partial charge on any atom is -0.325 e. The zero-order valence-corrected chi connectivity index (χ0v) is 10.5. The zero-order valence-electron chi connectivity index (χ0n) is 9.72. The first-order valence-corrected chi connectivity index (χ1v) is 5.61. The van der Waals surface area contributed by atoms with Crippen molar-refractivity contribution < 1.29 is 8.78 Å². The van der Waals surface area contributed by atoms with Gasteiger partial charge in [-0.3, -0.25) is 4.79 Å². The molecule has 0 atom stereocenters. The number of aromatic nitrogens is 1. The molecule has 3 nitrogen and oxygen atoms in total. The summed E-state index contributed by atoms with van der Waals surface area (Å²) in [6, 6.07) is 5.27. The molecule has 0 radical (unpaired) electrons. The van der Waals surface area contributed by atoms with Gasteiger partial charge in [0.05, 0.1) is 0 Å². The Labute approximate surface area is 112 Å². The maximum absolute atomic E-state index is 13.9. The lowest BCUT2D eigenvalue weighted by Gasteiger charge is -2.08. The molecule has 2 rings (SSSR count).